The number of nitrogens with zero attached hydrogens (tertiary/aromatic N) is 1. The molecule has 112 valence electrons. The average Bonchev–Trinajstić information content (AvgIpc) is 3.09. The minimum absolute atomic E-state index is 0.0132. The summed E-state index contributed by atoms with van der Waals surface area (Å²) in [6.45, 7) is 0.716. The summed E-state index contributed by atoms with van der Waals surface area (Å²) in [6.07, 6.45) is -3.65. The van der Waals surface area contributed by atoms with Crippen molar-refractivity contribution >= 4 is 22.8 Å². The summed E-state index contributed by atoms with van der Waals surface area (Å²) >= 11 is 1.51. The van der Waals surface area contributed by atoms with Crippen molar-refractivity contribution in [2.24, 2.45) is 10.9 Å². The predicted molar refractivity (Wildman–Crippen MR) is 75.2 cm³/mol. The van der Waals surface area contributed by atoms with Crippen LogP contribution in [0.25, 0.3) is 0 Å². The first-order valence-electron chi connectivity index (χ1n) is 6.60. The molecule has 1 amide bonds. The Balaban J connectivity index is 1.61. The number of thioether (sulfide) groups is 1. The topological polar surface area (TPSA) is 41.5 Å². The second-order valence-corrected chi connectivity index (χ2v) is 6.18. The summed E-state index contributed by atoms with van der Waals surface area (Å²) in [7, 11) is 0. The van der Waals surface area contributed by atoms with Crippen molar-refractivity contribution in [3.63, 3.8) is 0 Å². The molecule has 0 spiro atoms. The van der Waals surface area contributed by atoms with Gasteiger partial charge in [0.1, 0.15) is 0 Å². The van der Waals surface area contributed by atoms with E-state index in [1.165, 1.54) is 23.9 Å². The van der Waals surface area contributed by atoms with E-state index in [1.807, 2.05) is 0 Å². The van der Waals surface area contributed by atoms with Crippen LogP contribution in [0.3, 0.4) is 0 Å². The lowest BCUT2D eigenvalue weighted by Crippen LogP contribution is -2.29. The number of carbonyl (C=O) groups is 1. The first kappa shape index (κ1) is 14.4. The Hall–Kier alpha value is -1.50. The van der Waals surface area contributed by atoms with Crippen molar-refractivity contribution in [2.45, 2.75) is 18.5 Å². The van der Waals surface area contributed by atoms with Gasteiger partial charge in [0, 0.05) is 11.7 Å². The molecule has 7 heteroatoms. The third-order valence-corrected chi connectivity index (χ3v) is 4.50. The maximum atomic E-state index is 12.5. The van der Waals surface area contributed by atoms with Crippen molar-refractivity contribution in [3.05, 3.63) is 35.4 Å². The molecule has 1 aliphatic carbocycles. The molecular formula is C14H13F3N2OS. The van der Waals surface area contributed by atoms with Crippen LogP contribution in [-0.2, 0) is 11.0 Å². The Morgan fingerprint density at radius 1 is 1.29 bits per heavy atom. The van der Waals surface area contributed by atoms with Crippen molar-refractivity contribution in [2.75, 3.05) is 12.3 Å². The lowest BCUT2D eigenvalue weighted by molar-refractivity contribution is -0.137. The molecule has 1 aromatic rings. The number of amides is 1. The molecule has 21 heavy (non-hydrogen) atoms. The van der Waals surface area contributed by atoms with E-state index in [4.69, 9.17) is 0 Å². The number of benzene rings is 1. The van der Waals surface area contributed by atoms with Crippen LogP contribution in [0, 0.1) is 5.92 Å². The van der Waals surface area contributed by atoms with Gasteiger partial charge in [-0.3, -0.25) is 9.79 Å². The molecular weight excluding hydrogens is 301 g/mol. The number of halogens is 3. The monoisotopic (exact) mass is 314 g/mol. The highest BCUT2D eigenvalue weighted by molar-refractivity contribution is 8.14. The van der Waals surface area contributed by atoms with E-state index in [-0.39, 0.29) is 17.7 Å². The Bertz CT molecular complexity index is 583. The van der Waals surface area contributed by atoms with Gasteiger partial charge < -0.3 is 5.32 Å². The third kappa shape index (κ3) is 3.23. The van der Waals surface area contributed by atoms with E-state index in [9.17, 15) is 18.0 Å². The summed E-state index contributed by atoms with van der Waals surface area (Å²) in [4.78, 5) is 16.1. The van der Waals surface area contributed by atoms with Crippen molar-refractivity contribution in [3.8, 4) is 0 Å². The SMILES string of the molecule is O=C(NC1=NCCS1)C1CC1c1ccc(C(F)(F)F)cc1. The zero-order chi connectivity index (χ0) is 15.0. The second-order valence-electron chi connectivity index (χ2n) is 5.09. The Kier molecular flexibility index (Phi) is 3.69. The van der Waals surface area contributed by atoms with Crippen LogP contribution >= 0.6 is 11.8 Å². The zero-order valence-corrected chi connectivity index (χ0v) is 11.8. The van der Waals surface area contributed by atoms with Crippen LogP contribution in [0.2, 0.25) is 0 Å². The summed E-state index contributed by atoms with van der Waals surface area (Å²) in [5.41, 5.74) is 0.119. The van der Waals surface area contributed by atoms with Gasteiger partial charge in [0.2, 0.25) is 5.91 Å². The molecule has 2 aliphatic rings. The Morgan fingerprint density at radius 3 is 2.57 bits per heavy atom. The molecule has 0 aromatic heterocycles. The first-order valence-corrected chi connectivity index (χ1v) is 7.59. The largest absolute Gasteiger partial charge is 0.416 e. The van der Waals surface area contributed by atoms with E-state index in [0.717, 1.165) is 23.4 Å². The van der Waals surface area contributed by atoms with Gasteiger partial charge in [0.05, 0.1) is 12.1 Å². The van der Waals surface area contributed by atoms with Crippen molar-refractivity contribution in [1.82, 2.24) is 5.32 Å². The minimum atomic E-state index is -4.32. The summed E-state index contributed by atoms with van der Waals surface area (Å²) in [5, 5.41) is 3.42. The average molecular weight is 314 g/mol. The van der Waals surface area contributed by atoms with E-state index in [0.29, 0.717) is 18.1 Å². The number of rotatable bonds is 2. The Labute approximate surface area is 124 Å². The molecule has 1 fully saturated rings. The predicted octanol–water partition coefficient (Wildman–Crippen LogP) is 3.03. The summed E-state index contributed by atoms with van der Waals surface area (Å²) in [5.74, 6) is 0.640. The molecule has 2 atom stereocenters. The van der Waals surface area contributed by atoms with Crippen LogP contribution in [0.5, 0.6) is 0 Å². The van der Waals surface area contributed by atoms with Gasteiger partial charge in [0.25, 0.3) is 0 Å². The van der Waals surface area contributed by atoms with Gasteiger partial charge in [-0.05, 0) is 30.0 Å². The van der Waals surface area contributed by atoms with Crippen molar-refractivity contribution in [1.29, 1.82) is 0 Å². The van der Waals surface area contributed by atoms with Crippen molar-refractivity contribution < 1.29 is 18.0 Å². The summed E-state index contributed by atoms with van der Waals surface area (Å²) in [6, 6.07) is 5.06. The third-order valence-electron chi connectivity index (χ3n) is 3.61. The zero-order valence-electron chi connectivity index (χ0n) is 11.0. The molecule has 1 heterocycles. The smallest absolute Gasteiger partial charge is 0.305 e. The molecule has 1 saturated carbocycles. The minimum Gasteiger partial charge on any atom is -0.305 e. The Morgan fingerprint density at radius 2 is 2.00 bits per heavy atom. The van der Waals surface area contributed by atoms with Crippen LogP contribution in [-0.4, -0.2) is 23.4 Å². The highest BCUT2D eigenvalue weighted by Crippen LogP contribution is 2.48. The van der Waals surface area contributed by atoms with Crippen LogP contribution in [0.1, 0.15) is 23.5 Å². The maximum absolute atomic E-state index is 12.5. The lowest BCUT2D eigenvalue weighted by atomic mass is 10.1. The normalized spacial score (nSPS) is 24.6. The maximum Gasteiger partial charge on any atom is 0.416 e. The van der Waals surface area contributed by atoms with Gasteiger partial charge in [0.15, 0.2) is 5.17 Å². The number of hydrogen-bond acceptors (Lipinski definition) is 3. The number of hydrogen-bond donors (Lipinski definition) is 1. The molecule has 0 saturated heterocycles. The quantitative estimate of drug-likeness (QED) is 0.911. The van der Waals surface area contributed by atoms with Gasteiger partial charge >= 0.3 is 6.18 Å². The molecule has 0 bridgehead atoms. The van der Waals surface area contributed by atoms with Gasteiger partial charge in [-0.2, -0.15) is 13.2 Å². The van der Waals surface area contributed by atoms with E-state index in [1.54, 1.807) is 0 Å². The number of carbonyl (C=O) groups excluding carboxylic acids is 1. The fourth-order valence-electron chi connectivity index (χ4n) is 2.38. The molecule has 1 aliphatic heterocycles. The number of amidine groups is 1. The molecule has 0 radical (unpaired) electrons. The van der Waals surface area contributed by atoms with Crippen LogP contribution < -0.4 is 5.32 Å². The van der Waals surface area contributed by atoms with E-state index in [2.05, 4.69) is 10.3 Å². The van der Waals surface area contributed by atoms with E-state index >= 15 is 0 Å². The van der Waals surface area contributed by atoms with Crippen LogP contribution in [0.15, 0.2) is 29.3 Å². The lowest BCUT2D eigenvalue weighted by Gasteiger charge is -2.07. The molecule has 2 unspecified atom stereocenters. The summed E-state index contributed by atoms with van der Waals surface area (Å²) < 4.78 is 37.5. The number of nitrogens with one attached hydrogen (secondary N) is 1. The van der Waals surface area contributed by atoms with Gasteiger partial charge in [-0.25, -0.2) is 0 Å². The molecule has 3 rings (SSSR count). The molecule has 1 N–H and O–H groups in total. The fourth-order valence-corrected chi connectivity index (χ4v) is 3.11. The van der Waals surface area contributed by atoms with Crippen LogP contribution in [0.4, 0.5) is 13.2 Å². The number of aliphatic imine (C=N–C) groups is 1. The standard InChI is InChI=1S/C14H13F3N2OS/c15-14(16,17)9-3-1-8(2-4-9)10-7-11(10)12(20)19-13-18-5-6-21-13/h1-4,10-11H,5-7H2,(H,18,19,20). The highest BCUT2D eigenvalue weighted by atomic mass is 32.2. The highest BCUT2D eigenvalue weighted by Gasteiger charge is 2.44. The second kappa shape index (κ2) is 5.36. The van der Waals surface area contributed by atoms with E-state index < -0.39 is 11.7 Å². The molecule has 1 aromatic carbocycles. The fraction of sp³-hybridized carbons (Fsp3) is 0.429. The molecule has 3 nitrogen and oxygen atoms in total. The van der Waals surface area contributed by atoms with Gasteiger partial charge in [-0.1, -0.05) is 23.9 Å². The number of alkyl halides is 3. The van der Waals surface area contributed by atoms with Gasteiger partial charge in [-0.15, -0.1) is 0 Å². The first-order chi connectivity index (χ1) is 9.95.